The normalized spacial score (nSPS) is 12.7. The summed E-state index contributed by atoms with van der Waals surface area (Å²) in [7, 11) is 0. The molecule has 0 spiro atoms. The first-order valence-corrected chi connectivity index (χ1v) is 7.94. The number of hydrogen-bond donors (Lipinski definition) is 2. The van der Waals surface area contributed by atoms with E-state index in [4.69, 9.17) is 4.74 Å². The molecule has 0 unspecified atom stereocenters. The average molecular weight is 320 g/mol. The van der Waals surface area contributed by atoms with E-state index < -0.39 is 6.10 Å². The van der Waals surface area contributed by atoms with Crippen molar-refractivity contribution in [3.05, 3.63) is 29.8 Å². The van der Waals surface area contributed by atoms with Gasteiger partial charge in [-0.05, 0) is 43.9 Å². The highest BCUT2D eigenvalue weighted by atomic mass is 16.5. The minimum Gasteiger partial charge on any atom is -0.481 e. The molecule has 0 saturated carbocycles. The Balaban J connectivity index is 2.50. The van der Waals surface area contributed by atoms with Gasteiger partial charge in [0.05, 0.1) is 6.54 Å². The predicted octanol–water partition coefficient (Wildman–Crippen LogP) is 2.39. The lowest BCUT2D eigenvalue weighted by Gasteiger charge is -2.20. The van der Waals surface area contributed by atoms with Gasteiger partial charge in [-0.2, -0.15) is 0 Å². The maximum absolute atomic E-state index is 11.9. The van der Waals surface area contributed by atoms with E-state index in [1.807, 2.05) is 38.1 Å². The van der Waals surface area contributed by atoms with Crippen LogP contribution in [0.4, 0.5) is 0 Å². The van der Waals surface area contributed by atoms with Crippen LogP contribution in [0, 0.1) is 0 Å². The van der Waals surface area contributed by atoms with Gasteiger partial charge in [0.15, 0.2) is 6.10 Å². The molecule has 0 aliphatic carbocycles. The minimum atomic E-state index is -0.665. The molecule has 0 saturated heterocycles. The van der Waals surface area contributed by atoms with Gasteiger partial charge in [-0.1, -0.05) is 32.9 Å². The maximum atomic E-state index is 11.9. The van der Waals surface area contributed by atoms with E-state index >= 15 is 0 Å². The van der Waals surface area contributed by atoms with Crippen LogP contribution in [0.5, 0.6) is 5.75 Å². The molecule has 0 aliphatic rings. The first kappa shape index (κ1) is 19.0. The summed E-state index contributed by atoms with van der Waals surface area (Å²) in [6.07, 6.45) is -0.665. The van der Waals surface area contributed by atoms with Crippen molar-refractivity contribution in [3.63, 3.8) is 0 Å². The molecule has 0 aromatic heterocycles. The topological polar surface area (TPSA) is 67.4 Å². The molecule has 0 heterocycles. The number of carbonyl (C=O) groups excluding carboxylic acids is 2. The van der Waals surface area contributed by atoms with E-state index in [0.29, 0.717) is 5.75 Å². The van der Waals surface area contributed by atoms with Crippen molar-refractivity contribution in [2.75, 3.05) is 6.54 Å². The van der Waals surface area contributed by atoms with Crippen LogP contribution in [0.3, 0.4) is 0 Å². The zero-order valence-corrected chi connectivity index (χ0v) is 14.9. The van der Waals surface area contributed by atoms with Gasteiger partial charge in [0.1, 0.15) is 5.75 Å². The fraction of sp³-hybridized carbons (Fsp3) is 0.556. The Hall–Kier alpha value is -2.04. The Morgan fingerprint density at radius 2 is 1.65 bits per heavy atom. The van der Waals surface area contributed by atoms with Crippen LogP contribution < -0.4 is 15.4 Å². The van der Waals surface area contributed by atoms with Crippen LogP contribution in [-0.2, 0) is 15.0 Å². The second-order valence-corrected chi connectivity index (χ2v) is 6.97. The van der Waals surface area contributed by atoms with Gasteiger partial charge in [0.2, 0.25) is 5.91 Å². The standard InChI is InChI=1S/C18H28N2O3/c1-12(2)20-16(21)11-19-17(22)13(3)23-15-9-7-14(8-10-15)18(4,5)6/h7-10,12-13H,11H2,1-6H3,(H,19,22)(H,20,21)/t13-/m0/s1. The van der Waals surface area contributed by atoms with Crippen molar-refractivity contribution < 1.29 is 14.3 Å². The molecule has 23 heavy (non-hydrogen) atoms. The Morgan fingerprint density at radius 3 is 2.13 bits per heavy atom. The van der Waals surface area contributed by atoms with Crippen LogP contribution in [0.15, 0.2) is 24.3 Å². The van der Waals surface area contributed by atoms with Gasteiger partial charge >= 0.3 is 0 Å². The number of carbonyl (C=O) groups is 2. The van der Waals surface area contributed by atoms with Gasteiger partial charge in [-0.3, -0.25) is 9.59 Å². The molecular formula is C18H28N2O3. The fourth-order valence-corrected chi connectivity index (χ4v) is 1.98. The van der Waals surface area contributed by atoms with Crippen LogP contribution in [0.2, 0.25) is 0 Å². The maximum Gasteiger partial charge on any atom is 0.261 e. The van der Waals surface area contributed by atoms with E-state index in [9.17, 15) is 9.59 Å². The van der Waals surface area contributed by atoms with Crippen LogP contribution in [0.1, 0.15) is 47.1 Å². The summed E-state index contributed by atoms with van der Waals surface area (Å²) in [5.41, 5.74) is 1.28. The monoisotopic (exact) mass is 320 g/mol. The first-order valence-electron chi connectivity index (χ1n) is 7.94. The number of rotatable bonds is 6. The molecule has 128 valence electrons. The predicted molar refractivity (Wildman–Crippen MR) is 91.5 cm³/mol. The third-order valence-electron chi connectivity index (χ3n) is 3.28. The van der Waals surface area contributed by atoms with Crippen molar-refractivity contribution in [2.45, 2.75) is 59.1 Å². The second-order valence-electron chi connectivity index (χ2n) is 6.97. The molecule has 2 amide bonds. The van der Waals surface area contributed by atoms with E-state index in [2.05, 4.69) is 31.4 Å². The number of hydrogen-bond acceptors (Lipinski definition) is 3. The molecule has 1 rings (SSSR count). The summed E-state index contributed by atoms with van der Waals surface area (Å²) in [4.78, 5) is 23.5. The van der Waals surface area contributed by atoms with E-state index in [0.717, 1.165) is 0 Å². The van der Waals surface area contributed by atoms with Gasteiger partial charge in [-0.25, -0.2) is 0 Å². The zero-order valence-electron chi connectivity index (χ0n) is 14.9. The average Bonchev–Trinajstić information content (AvgIpc) is 2.43. The summed E-state index contributed by atoms with van der Waals surface area (Å²) in [5.74, 6) is 0.103. The summed E-state index contributed by atoms with van der Waals surface area (Å²) in [6, 6.07) is 7.76. The lowest BCUT2D eigenvalue weighted by molar-refractivity contribution is -0.130. The SMILES string of the molecule is CC(C)NC(=O)CNC(=O)[C@H](C)Oc1ccc(C(C)(C)C)cc1. The van der Waals surface area contributed by atoms with Gasteiger partial charge in [0.25, 0.3) is 5.91 Å². The summed E-state index contributed by atoms with van der Waals surface area (Å²) in [5, 5.41) is 5.28. The Kier molecular flexibility index (Phi) is 6.61. The van der Waals surface area contributed by atoms with Crippen molar-refractivity contribution in [2.24, 2.45) is 0 Å². The third-order valence-corrected chi connectivity index (χ3v) is 3.28. The van der Waals surface area contributed by atoms with Gasteiger partial charge in [-0.15, -0.1) is 0 Å². The summed E-state index contributed by atoms with van der Waals surface area (Å²) in [6.45, 7) is 11.8. The number of nitrogens with one attached hydrogen (secondary N) is 2. The molecule has 0 aliphatic heterocycles. The summed E-state index contributed by atoms with van der Waals surface area (Å²) < 4.78 is 5.61. The third kappa shape index (κ3) is 6.72. The van der Waals surface area contributed by atoms with Crippen molar-refractivity contribution in [1.82, 2.24) is 10.6 Å². The number of ether oxygens (including phenoxy) is 1. The van der Waals surface area contributed by atoms with Crippen molar-refractivity contribution in [3.8, 4) is 5.75 Å². The smallest absolute Gasteiger partial charge is 0.261 e. The Morgan fingerprint density at radius 1 is 1.09 bits per heavy atom. The first-order chi connectivity index (χ1) is 10.6. The lowest BCUT2D eigenvalue weighted by Crippen LogP contribution is -2.43. The number of amides is 2. The molecule has 1 aromatic carbocycles. The molecule has 5 heteroatoms. The molecule has 0 fully saturated rings. The zero-order chi connectivity index (χ0) is 17.6. The molecule has 1 aromatic rings. The molecule has 0 bridgehead atoms. The Labute approximate surface area is 138 Å². The van der Waals surface area contributed by atoms with Crippen molar-refractivity contribution in [1.29, 1.82) is 0 Å². The van der Waals surface area contributed by atoms with E-state index in [1.165, 1.54) is 5.56 Å². The van der Waals surface area contributed by atoms with Crippen LogP contribution in [-0.4, -0.2) is 30.5 Å². The van der Waals surface area contributed by atoms with Gasteiger partial charge in [0, 0.05) is 6.04 Å². The van der Waals surface area contributed by atoms with Crippen LogP contribution in [0.25, 0.3) is 0 Å². The molecule has 2 N–H and O–H groups in total. The summed E-state index contributed by atoms with van der Waals surface area (Å²) >= 11 is 0. The van der Waals surface area contributed by atoms with Crippen LogP contribution >= 0.6 is 0 Å². The van der Waals surface area contributed by atoms with E-state index in [-0.39, 0.29) is 29.8 Å². The minimum absolute atomic E-state index is 0.0479. The largest absolute Gasteiger partial charge is 0.481 e. The quantitative estimate of drug-likeness (QED) is 0.846. The molecule has 5 nitrogen and oxygen atoms in total. The second kappa shape index (κ2) is 7.99. The highest BCUT2D eigenvalue weighted by Gasteiger charge is 2.17. The fourth-order valence-electron chi connectivity index (χ4n) is 1.98. The van der Waals surface area contributed by atoms with Crippen molar-refractivity contribution >= 4 is 11.8 Å². The highest BCUT2D eigenvalue weighted by molar-refractivity contribution is 5.86. The Bertz CT molecular complexity index is 530. The number of benzene rings is 1. The molecule has 1 atom stereocenters. The highest BCUT2D eigenvalue weighted by Crippen LogP contribution is 2.24. The van der Waals surface area contributed by atoms with Gasteiger partial charge < -0.3 is 15.4 Å². The van der Waals surface area contributed by atoms with E-state index in [1.54, 1.807) is 6.92 Å². The molecular weight excluding hydrogens is 292 g/mol. The molecule has 0 radical (unpaired) electrons. The lowest BCUT2D eigenvalue weighted by atomic mass is 9.87.